The third-order valence-electron chi connectivity index (χ3n) is 1.43. The number of nitrogens with zero attached hydrogens (tertiary/aromatic N) is 1. The summed E-state index contributed by atoms with van der Waals surface area (Å²) < 4.78 is 4.80. The van der Waals surface area contributed by atoms with Gasteiger partial charge in [-0.2, -0.15) is 0 Å². The van der Waals surface area contributed by atoms with Crippen LogP contribution in [-0.4, -0.2) is 4.98 Å². The van der Waals surface area contributed by atoms with Gasteiger partial charge in [-0.25, -0.2) is 0 Å². The lowest BCUT2D eigenvalue weighted by atomic mass is 10.2. The highest BCUT2D eigenvalue weighted by Crippen LogP contribution is 2.14. The molecule has 0 bridgehead atoms. The quantitative estimate of drug-likeness (QED) is 0.612. The van der Waals surface area contributed by atoms with Gasteiger partial charge >= 0.3 is 0 Å². The molecule has 0 spiro atoms. The van der Waals surface area contributed by atoms with Crippen molar-refractivity contribution in [2.24, 2.45) is 0 Å². The van der Waals surface area contributed by atoms with Gasteiger partial charge in [-0.15, -0.1) is 0 Å². The first kappa shape index (κ1) is 6.16. The van der Waals surface area contributed by atoms with E-state index in [1.165, 1.54) is 0 Å². The predicted molar refractivity (Wildman–Crippen MR) is 40.8 cm³/mol. The molecular weight excluding hydrogens is 138 g/mol. The summed E-state index contributed by atoms with van der Waals surface area (Å²) in [5.74, 6) is 0. The van der Waals surface area contributed by atoms with Gasteiger partial charge in [0.15, 0.2) is 6.26 Å². The van der Waals surface area contributed by atoms with Crippen molar-refractivity contribution in [3.63, 3.8) is 0 Å². The van der Waals surface area contributed by atoms with Gasteiger partial charge in [0.05, 0.1) is 5.69 Å². The molecule has 0 fully saturated rings. The zero-order valence-electron chi connectivity index (χ0n) is 5.82. The fraction of sp³-hybridized carbons (Fsp3) is 0. The summed E-state index contributed by atoms with van der Waals surface area (Å²) >= 11 is 0. The first-order valence-electron chi connectivity index (χ1n) is 3.33. The summed E-state index contributed by atoms with van der Waals surface area (Å²) in [4.78, 5) is 4.14. The number of furan rings is 1. The van der Waals surface area contributed by atoms with Crippen molar-refractivity contribution in [1.29, 1.82) is 0 Å². The second-order valence-electron chi connectivity index (χ2n) is 2.17. The minimum Gasteiger partial charge on any atom is -0.460 e. The highest BCUT2D eigenvalue weighted by molar-refractivity contribution is 5.56. The Morgan fingerprint density at radius 2 is 2.36 bits per heavy atom. The molecular formula is C9H6NO. The van der Waals surface area contributed by atoms with Gasteiger partial charge in [0.2, 0.25) is 0 Å². The van der Waals surface area contributed by atoms with Crippen molar-refractivity contribution in [1.82, 2.24) is 4.98 Å². The summed E-state index contributed by atoms with van der Waals surface area (Å²) in [6, 6.07) is 7.52. The SMILES string of the molecule is [c]1cc(-c2ccccn2)co1. The van der Waals surface area contributed by atoms with Gasteiger partial charge in [0.25, 0.3) is 0 Å². The van der Waals surface area contributed by atoms with Crippen LogP contribution in [0.5, 0.6) is 0 Å². The van der Waals surface area contributed by atoms with Crippen LogP contribution in [0.1, 0.15) is 0 Å². The first-order valence-corrected chi connectivity index (χ1v) is 3.33. The molecule has 0 saturated heterocycles. The van der Waals surface area contributed by atoms with Crippen molar-refractivity contribution in [3.05, 3.63) is 43.0 Å². The zero-order valence-corrected chi connectivity index (χ0v) is 5.82. The van der Waals surface area contributed by atoms with E-state index in [1.807, 2.05) is 18.2 Å². The van der Waals surface area contributed by atoms with E-state index in [0.29, 0.717) is 0 Å². The molecule has 11 heavy (non-hydrogen) atoms. The molecule has 0 unspecified atom stereocenters. The second kappa shape index (κ2) is 2.58. The van der Waals surface area contributed by atoms with Gasteiger partial charge < -0.3 is 4.42 Å². The van der Waals surface area contributed by atoms with Gasteiger partial charge in [-0.3, -0.25) is 4.98 Å². The Balaban J connectivity index is 2.46. The van der Waals surface area contributed by atoms with Crippen LogP contribution in [0.2, 0.25) is 0 Å². The summed E-state index contributed by atoms with van der Waals surface area (Å²) in [5.41, 5.74) is 1.88. The van der Waals surface area contributed by atoms with Crippen molar-refractivity contribution in [3.8, 4) is 11.3 Å². The van der Waals surface area contributed by atoms with E-state index in [-0.39, 0.29) is 0 Å². The molecule has 0 saturated carbocycles. The minimum absolute atomic E-state index is 0.914. The lowest BCUT2D eigenvalue weighted by molar-refractivity contribution is 0.559. The van der Waals surface area contributed by atoms with Crippen LogP contribution in [0.15, 0.2) is 41.1 Å². The highest BCUT2D eigenvalue weighted by atomic mass is 16.3. The lowest BCUT2D eigenvalue weighted by Crippen LogP contribution is -1.76. The molecule has 1 radical (unpaired) electrons. The molecule has 2 aromatic heterocycles. The summed E-state index contributed by atoms with van der Waals surface area (Å²) in [6.45, 7) is 0. The molecule has 0 amide bonds. The largest absolute Gasteiger partial charge is 0.460 e. The molecule has 53 valence electrons. The Kier molecular flexibility index (Phi) is 1.44. The van der Waals surface area contributed by atoms with E-state index in [1.54, 1.807) is 18.5 Å². The standard InChI is InChI=1S/C9H6NO/c1-2-5-10-9(3-1)8-4-6-11-7-8/h1-5,7H. The molecule has 0 atom stereocenters. The molecule has 0 aliphatic carbocycles. The summed E-state index contributed by atoms with van der Waals surface area (Å²) in [6.07, 6.45) is 5.99. The monoisotopic (exact) mass is 144 g/mol. The number of rotatable bonds is 1. The third kappa shape index (κ3) is 1.15. The molecule has 2 heteroatoms. The minimum atomic E-state index is 0.914. The topological polar surface area (TPSA) is 26.0 Å². The number of hydrogen-bond acceptors (Lipinski definition) is 2. The zero-order chi connectivity index (χ0) is 7.52. The average Bonchev–Trinajstić information content (AvgIpc) is 2.58. The Labute approximate surface area is 64.5 Å². The molecule has 2 heterocycles. The normalized spacial score (nSPS) is 9.82. The second-order valence-corrected chi connectivity index (χ2v) is 2.17. The molecule has 0 N–H and O–H groups in total. The maximum absolute atomic E-state index is 4.80. The Bertz CT molecular complexity index is 313. The molecule has 2 nitrogen and oxygen atoms in total. The van der Waals surface area contributed by atoms with E-state index >= 15 is 0 Å². The van der Waals surface area contributed by atoms with Crippen LogP contribution in [0, 0.1) is 6.26 Å². The van der Waals surface area contributed by atoms with Crippen molar-refractivity contribution in [2.45, 2.75) is 0 Å². The van der Waals surface area contributed by atoms with Crippen molar-refractivity contribution < 1.29 is 4.42 Å². The van der Waals surface area contributed by atoms with E-state index in [9.17, 15) is 0 Å². The van der Waals surface area contributed by atoms with Crippen LogP contribution in [0.25, 0.3) is 11.3 Å². The molecule has 0 aromatic carbocycles. The van der Waals surface area contributed by atoms with Crippen LogP contribution in [0.3, 0.4) is 0 Å². The number of aromatic nitrogens is 1. The van der Waals surface area contributed by atoms with E-state index in [0.717, 1.165) is 11.3 Å². The highest BCUT2D eigenvalue weighted by Gasteiger charge is 1.97. The summed E-state index contributed by atoms with van der Waals surface area (Å²) in [7, 11) is 0. The summed E-state index contributed by atoms with van der Waals surface area (Å²) in [5, 5.41) is 0. The smallest absolute Gasteiger partial charge is 0.169 e. The maximum Gasteiger partial charge on any atom is 0.169 e. The molecule has 0 aliphatic heterocycles. The maximum atomic E-state index is 4.80. The van der Waals surface area contributed by atoms with Crippen molar-refractivity contribution in [2.75, 3.05) is 0 Å². The van der Waals surface area contributed by atoms with Crippen LogP contribution >= 0.6 is 0 Å². The fourth-order valence-corrected chi connectivity index (χ4v) is 0.897. The first-order chi connectivity index (χ1) is 5.47. The van der Waals surface area contributed by atoms with Gasteiger partial charge in [-0.1, -0.05) is 6.07 Å². The Morgan fingerprint density at radius 1 is 1.36 bits per heavy atom. The van der Waals surface area contributed by atoms with Gasteiger partial charge in [0.1, 0.15) is 6.26 Å². The van der Waals surface area contributed by atoms with Crippen LogP contribution in [-0.2, 0) is 0 Å². The lowest BCUT2D eigenvalue weighted by Gasteiger charge is -1.91. The van der Waals surface area contributed by atoms with Gasteiger partial charge in [0, 0.05) is 11.8 Å². The number of hydrogen-bond donors (Lipinski definition) is 0. The Hall–Kier alpha value is -1.57. The van der Waals surface area contributed by atoms with E-state index < -0.39 is 0 Å². The van der Waals surface area contributed by atoms with E-state index in [2.05, 4.69) is 11.2 Å². The molecule has 2 rings (SSSR count). The third-order valence-corrected chi connectivity index (χ3v) is 1.43. The van der Waals surface area contributed by atoms with Gasteiger partial charge in [-0.05, 0) is 18.2 Å². The van der Waals surface area contributed by atoms with Crippen LogP contribution in [0.4, 0.5) is 0 Å². The molecule has 2 aromatic rings. The fourth-order valence-electron chi connectivity index (χ4n) is 0.897. The average molecular weight is 144 g/mol. The van der Waals surface area contributed by atoms with E-state index in [4.69, 9.17) is 4.42 Å². The molecule has 0 aliphatic rings. The Morgan fingerprint density at radius 3 is 3.00 bits per heavy atom. The van der Waals surface area contributed by atoms with Crippen molar-refractivity contribution >= 4 is 0 Å². The number of pyridine rings is 1. The van der Waals surface area contributed by atoms with Crippen LogP contribution < -0.4 is 0 Å². The predicted octanol–water partition coefficient (Wildman–Crippen LogP) is 2.14.